The highest BCUT2D eigenvalue weighted by Gasteiger charge is 2.09. The number of halogens is 3. The number of carbonyl (C=O) groups is 1. The first kappa shape index (κ1) is 13.6. The smallest absolute Gasteiger partial charge is 0.257 e. The quantitative estimate of drug-likeness (QED) is 0.613. The molecule has 6 heteroatoms. The van der Waals surface area contributed by atoms with Gasteiger partial charge in [-0.25, -0.2) is 4.98 Å². The molecule has 0 saturated heterocycles. The third kappa shape index (κ3) is 3.34. The van der Waals surface area contributed by atoms with Gasteiger partial charge in [-0.2, -0.15) is 0 Å². The van der Waals surface area contributed by atoms with Gasteiger partial charge in [0, 0.05) is 15.5 Å². The number of carbonyl (C=O) groups excluding carboxylic acids is 1. The molecule has 0 fully saturated rings. The summed E-state index contributed by atoms with van der Waals surface area (Å²) in [5, 5.41) is 3.20. The number of nitrogens with zero attached hydrogens (tertiary/aromatic N) is 1. The first-order valence-electron chi connectivity index (χ1n) is 4.94. The minimum atomic E-state index is -0.275. The highest BCUT2D eigenvalue weighted by atomic mass is 127. The first-order chi connectivity index (χ1) is 8.56. The van der Waals surface area contributed by atoms with Crippen molar-refractivity contribution in [3.63, 3.8) is 0 Å². The molecule has 2 aromatic rings. The highest BCUT2D eigenvalue weighted by Crippen LogP contribution is 2.20. The van der Waals surface area contributed by atoms with Crippen LogP contribution in [0.1, 0.15) is 10.4 Å². The second kappa shape index (κ2) is 5.86. The summed E-state index contributed by atoms with van der Waals surface area (Å²) in [6, 6.07) is 8.97. The Morgan fingerprint density at radius 1 is 1.28 bits per heavy atom. The molecule has 0 aliphatic rings. The van der Waals surface area contributed by atoms with Gasteiger partial charge < -0.3 is 5.32 Å². The molecular formula is C12H7Cl2IN2O. The third-order valence-corrected chi connectivity index (χ3v) is 3.50. The first-order valence-corrected chi connectivity index (χ1v) is 6.77. The Balaban J connectivity index is 2.19. The van der Waals surface area contributed by atoms with Gasteiger partial charge >= 0.3 is 0 Å². The van der Waals surface area contributed by atoms with Gasteiger partial charge in [0.2, 0.25) is 0 Å². The van der Waals surface area contributed by atoms with Crippen LogP contribution in [0.15, 0.2) is 36.5 Å². The van der Waals surface area contributed by atoms with Crippen LogP contribution in [-0.4, -0.2) is 10.9 Å². The van der Waals surface area contributed by atoms with E-state index in [1.165, 1.54) is 12.3 Å². The van der Waals surface area contributed by atoms with Crippen molar-refractivity contribution in [2.75, 3.05) is 5.32 Å². The summed E-state index contributed by atoms with van der Waals surface area (Å²) >= 11 is 13.7. The molecule has 0 aliphatic heterocycles. The molecule has 2 rings (SSSR count). The van der Waals surface area contributed by atoms with Crippen molar-refractivity contribution in [2.24, 2.45) is 0 Å². The normalized spacial score (nSPS) is 10.2. The fraction of sp³-hybridized carbons (Fsp3) is 0. The van der Waals surface area contributed by atoms with E-state index >= 15 is 0 Å². The van der Waals surface area contributed by atoms with Gasteiger partial charge in [0.1, 0.15) is 5.15 Å². The number of nitrogens with one attached hydrogen (secondary N) is 1. The summed E-state index contributed by atoms with van der Waals surface area (Å²) in [6.45, 7) is 0. The number of amides is 1. The van der Waals surface area contributed by atoms with Gasteiger partial charge in [0.25, 0.3) is 5.91 Å². The maximum atomic E-state index is 11.9. The SMILES string of the molecule is O=C(Nc1cccc(I)c1)c1cnc(Cl)c(Cl)c1. The maximum absolute atomic E-state index is 11.9. The van der Waals surface area contributed by atoms with Gasteiger partial charge in [-0.15, -0.1) is 0 Å². The summed E-state index contributed by atoms with van der Waals surface area (Å²) in [5.74, 6) is -0.275. The molecule has 0 atom stereocenters. The lowest BCUT2D eigenvalue weighted by molar-refractivity contribution is 0.102. The van der Waals surface area contributed by atoms with E-state index in [0.717, 1.165) is 9.26 Å². The Hall–Kier alpha value is -0.850. The second-order valence-electron chi connectivity index (χ2n) is 3.46. The van der Waals surface area contributed by atoms with E-state index < -0.39 is 0 Å². The van der Waals surface area contributed by atoms with Gasteiger partial charge in [0.05, 0.1) is 10.6 Å². The largest absolute Gasteiger partial charge is 0.322 e. The lowest BCUT2D eigenvalue weighted by Gasteiger charge is -2.06. The summed E-state index contributed by atoms with van der Waals surface area (Å²) in [5.41, 5.74) is 1.08. The average Bonchev–Trinajstić information content (AvgIpc) is 2.32. The molecule has 0 radical (unpaired) electrons. The Kier molecular flexibility index (Phi) is 4.42. The van der Waals surface area contributed by atoms with Crippen LogP contribution >= 0.6 is 45.8 Å². The fourth-order valence-electron chi connectivity index (χ4n) is 1.31. The zero-order valence-corrected chi connectivity index (χ0v) is 12.6. The van der Waals surface area contributed by atoms with Crippen LogP contribution in [0.5, 0.6) is 0 Å². The van der Waals surface area contributed by atoms with Crippen LogP contribution in [0.2, 0.25) is 10.2 Å². The molecule has 1 aromatic heterocycles. The topological polar surface area (TPSA) is 42.0 Å². The van der Waals surface area contributed by atoms with Crippen molar-refractivity contribution in [1.29, 1.82) is 0 Å². The number of rotatable bonds is 2. The number of hydrogen-bond donors (Lipinski definition) is 1. The Morgan fingerprint density at radius 2 is 2.06 bits per heavy atom. The van der Waals surface area contributed by atoms with Gasteiger partial charge in [-0.05, 0) is 46.9 Å². The number of hydrogen-bond acceptors (Lipinski definition) is 2. The molecule has 18 heavy (non-hydrogen) atoms. The van der Waals surface area contributed by atoms with E-state index in [1.54, 1.807) is 0 Å². The maximum Gasteiger partial charge on any atom is 0.257 e. The molecule has 3 nitrogen and oxygen atoms in total. The lowest BCUT2D eigenvalue weighted by atomic mass is 10.2. The molecule has 92 valence electrons. The monoisotopic (exact) mass is 392 g/mol. The van der Waals surface area contributed by atoms with Crippen LogP contribution in [0.4, 0.5) is 5.69 Å². The van der Waals surface area contributed by atoms with E-state index in [9.17, 15) is 4.79 Å². The zero-order valence-electron chi connectivity index (χ0n) is 8.95. The van der Waals surface area contributed by atoms with Crippen molar-refractivity contribution < 1.29 is 4.79 Å². The van der Waals surface area contributed by atoms with E-state index in [4.69, 9.17) is 23.2 Å². The molecule has 1 aromatic carbocycles. The van der Waals surface area contributed by atoms with E-state index in [0.29, 0.717) is 5.56 Å². The van der Waals surface area contributed by atoms with E-state index in [2.05, 4.69) is 32.9 Å². The number of aromatic nitrogens is 1. The summed E-state index contributed by atoms with van der Waals surface area (Å²) < 4.78 is 1.04. The number of anilines is 1. The standard InChI is InChI=1S/C12H7Cl2IN2O/c13-10-4-7(6-16-11(10)14)12(18)17-9-3-1-2-8(15)5-9/h1-6H,(H,17,18). The molecule has 1 amide bonds. The average molecular weight is 393 g/mol. The summed E-state index contributed by atoms with van der Waals surface area (Å²) in [4.78, 5) is 15.8. The van der Waals surface area contributed by atoms with Crippen molar-refractivity contribution >= 4 is 57.4 Å². The Morgan fingerprint density at radius 3 is 2.72 bits per heavy atom. The van der Waals surface area contributed by atoms with Crippen LogP contribution in [0, 0.1) is 3.57 Å². The minimum Gasteiger partial charge on any atom is -0.322 e. The summed E-state index contributed by atoms with van der Waals surface area (Å²) in [7, 11) is 0. The summed E-state index contributed by atoms with van der Waals surface area (Å²) in [6.07, 6.45) is 1.39. The van der Waals surface area contributed by atoms with Gasteiger partial charge in [0.15, 0.2) is 0 Å². The Labute approximate surface area is 128 Å². The van der Waals surface area contributed by atoms with Crippen molar-refractivity contribution in [3.8, 4) is 0 Å². The predicted molar refractivity (Wildman–Crippen MR) is 81.4 cm³/mol. The lowest BCUT2D eigenvalue weighted by Crippen LogP contribution is -2.12. The van der Waals surface area contributed by atoms with Gasteiger partial charge in [-0.1, -0.05) is 29.3 Å². The Bertz CT molecular complexity index is 604. The molecule has 0 saturated carbocycles. The highest BCUT2D eigenvalue weighted by molar-refractivity contribution is 14.1. The molecule has 1 heterocycles. The predicted octanol–water partition coefficient (Wildman–Crippen LogP) is 4.25. The zero-order chi connectivity index (χ0) is 13.1. The molecular weight excluding hydrogens is 386 g/mol. The molecule has 1 N–H and O–H groups in total. The van der Waals surface area contributed by atoms with E-state index in [-0.39, 0.29) is 16.1 Å². The third-order valence-electron chi connectivity index (χ3n) is 2.14. The van der Waals surface area contributed by atoms with Gasteiger partial charge in [-0.3, -0.25) is 4.79 Å². The molecule has 0 aliphatic carbocycles. The minimum absolute atomic E-state index is 0.183. The molecule has 0 unspecified atom stereocenters. The number of benzene rings is 1. The molecule has 0 spiro atoms. The van der Waals surface area contributed by atoms with Crippen molar-refractivity contribution in [2.45, 2.75) is 0 Å². The van der Waals surface area contributed by atoms with Crippen LogP contribution in [0.3, 0.4) is 0 Å². The van der Waals surface area contributed by atoms with Crippen LogP contribution in [-0.2, 0) is 0 Å². The second-order valence-corrected chi connectivity index (χ2v) is 5.47. The van der Waals surface area contributed by atoms with Crippen molar-refractivity contribution in [3.05, 3.63) is 55.8 Å². The number of pyridine rings is 1. The molecule has 0 bridgehead atoms. The van der Waals surface area contributed by atoms with E-state index in [1.807, 2.05) is 24.3 Å². The fourth-order valence-corrected chi connectivity index (χ4v) is 2.13. The van der Waals surface area contributed by atoms with Crippen LogP contribution in [0.25, 0.3) is 0 Å². The van der Waals surface area contributed by atoms with Crippen LogP contribution < -0.4 is 5.32 Å². The van der Waals surface area contributed by atoms with Crippen molar-refractivity contribution in [1.82, 2.24) is 4.98 Å².